The summed E-state index contributed by atoms with van der Waals surface area (Å²) >= 11 is 7.41. The average molecular weight is 278 g/mol. The number of rotatable bonds is 2. The Hall–Kier alpha value is -1.45. The molecule has 18 heavy (non-hydrogen) atoms. The molecule has 0 aliphatic carbocycles. The van der Waals surface area contributed by atoms with E-state index in [1.165, 1.54) is 23.5 Å². The highest BCUT2D eigenvalue weighted by Gasteiger charge is 2.10. The first-order chi connectivity index (χ1) is 8.78. The van der Waals surface area contributed by atoms with Crippen molar-refractivity contribution in [3.05, 3.63) is 53.8 Å². The predicted octanol–water partition coefficient (Wildman–Crippen LogP) is 4.84. The molecule has 0 fully saturated rings. The Kier molecular flexibility index (Phi) is 3.02. The number of aromatic nitrogens is 1. The molecule has 1 aromatic heterocycles. The largest absolute Gasteiger partial charge is 0.236 e. The first kappa shape index (κ1) is 11.6. The normalized spacial score (nSPS) is 11.0. The van der Waals surface area contributed by atoms with Crippen LogP contribution in [0.3, 0.4) is 0 Å². The van der Waals surface area contributed by atoms with Gasteiger partial charge in [-0.2, -0.15) is 0 Å². The van der Waals surface area contributed by atoms with Crippen LogP contribution in [0.25, 0.3) is 20.8 Å². The van der Waals surface area contributed by atoms with E-state index < -0.39 is 0 Å². The van der Waals surface area contributed by atoms with Crippen LogP contribution >= 0.6 is 22.9 Å². The lowest BCUT2D eigenvalue weighted by Crippen LogP contribution is -1.84. The minimum absolute atomic E-state index is 0.233. The van der Waals surface area contributed by atoms with Crippen LogP contribution in [-0.4, -0.2) is 4.98 Å². The molecule has 3 rings (SSSR count). The summed E-state index contributed by atoms with van der Waals surface area (Å²) < 4.78 is 14.0. The van der Waals surface area contributed by atoms with E-state index in [-0.39, 0.29) is 5.82 Å². The molecule has 0 atom stereocenters. The average Bonchev–Trinajstić information content (AvgIpc) is 2.81. The number of alkyl halides is 1. The molecule has 0 unspecified atom stereocenters. The van der Waals surface area contributed by atoms with Gasteiger partial charge in [0, 0.05) is 11.4 Å². The highest BCUT2D eigenvalue weighted by molar-refractivity contribution is 7.21. The molecule has 0 N–H and O–H groups in total. The summed E-state index contributed by atoms with van der Waals surface area (Å²) in [5.41, 5.74) is 2.88. The smallest absolute Gasteiger partial charge is 0.124 e. The Balaban J connectivity index is 2.19. The zero-order chi connectivity index (χ0) is 12.5. The summed E-state index contributed by atoms with van der Waals surface area (Å²) in [6.07, 6.45) is 0. The van der Waals surface area contributed by atoms with Gasteiger partial charge in [-0.05, 0) is 23.8 Å². The maximum Gasteiger partial charge on any atom is 0.124 e. The quantitative estimate of drug-likeness (QED) is 0.611. The third kappa shape index (κ3) is 2.00. The van der Waals surface area contributed by atoms with Gasteiger partial charge < -0.3 is 0 Å². The van der Waals surface area contributed by atoms with Crippen molar-refractivity contribution < 1.29 is 4.39 Å². The standard InChI is InChI=1S/C14H9ClFNS/c15-8-9-3-1-2-4-11(9)14-17-12-6-5-10(16)7-13(12)18-14/h1-7H,8H2. The number of hydrogen-bond acceptors (Lipinski definition) is 2. The van der Waals surface area contributed by atoms with Gasteiger partial charge >= 0.3 is 0 Å². The van der Waals surface area contributed by atoms with Crippen LogP contribution in [0.1, 0.15) is 5.56 Å². The van der Waals surface area contributed by atoms with Gasteiger partial charge in [-0.15, -0.1) is 22.9 Å². The third-order valence-electron chi connectivity index (χ3n) is 2.74. The van der Waals surface area contributed by atoms with E-state index in [0.717, 1.165) is 26.4 Å². The minimum Gasteiger partial charge on any atom is -0.236 e. The lowest BCUT2D eigenvalue weighted by Gasteiger charge is -2.02. The maximum atomic E-state index is 13.2. The zero-order valence-electron chi connectivity index (χ0n) is 9.36. The second-order valence-corrected chi connectivity index (χ2v) is 5.22. The summed E-state index contributed by atoms with van der Waals surface area (Å²) in [5, 5.41) is 0.881. The molecule has 0 radical (unpaired) electrons. The summed E-state index contributed by atoms with van der Waals surface area (Å²) in [7, 11) is 0. The highest BCUT2D eigenvalue weighted by Crippen LogP contribution is 2.32. The second kappa shape index (κ2) is 4.67. The molecular formula is C14H9ClFNS. The van der Waals surface area contributed by atoms with E-state index in [9.17, 15) is 4.39 Å². The van der Waals surface area contributed by atoms with Crippen LogP contribution in [0.5, 0.6) is 0 Å². The fraction of sp³-hybridized carbons (Fsp3) is 0.0714. The molecule has 90 valence electrons. The van der Waals surface area contributed by atoms with Gasteiger partial charge in [0.15, 0.2) is 0 Å². The predicted molar refractivity (Wildman–Crippen MR) is 74.6 cm³/mol. The second-order valence-electron chi connectivity index (χ2n) is 3.92. The molecule has 0 bridgehead atoms. The van der Waals surface area contributed by atoms with E-state index in [1.54, 1.807) is 6.07 Å². The summed E-state index contributed by atoms with van der Waals surface area (Å²) in [6.45, 7) is 0. The Bertz CT molecular complexity index is 708. The first-order valence-corrected chi connectivity index (χ1v) is 6.83. The van der Waals surface area contributed by atoms with E-state index in [0.29, 0.717) is 5.88 Å². The molecule has 0 saturated carbocycles. The van der Waals surface area contributed by atoms with E-state index in [4.69, 9.17) is 11.6 Å². The van der Waals surface area contributed by atoms with Gasteiger partial charge in [0.05, 0.1) is 10.2 Å². The Labute approximate surface area is 113 Å². The molecule has 0 saturated heterocycles. The van der Waals surface area contributed by atoms with Gasteiger partial charge in [0.1, 0.15) is 10.8 Å². The fourth-order valence-electron chi connectivity index (χ4n) is 1.86. The summed E-state index contributed by atoms with van der Waals surface area (Å²) in [5.74, 6) is 0.212. The summed E-state index contributed by atoms with van der Waals surface area (Å²) in [6, 6.07) is 12.5. The highest BCUT2D eigenvalue weighted by atomic mass is 35.5. The molecular weight excluding hydrogens is 269 g/mol. The molecule has 1 nitrogen and oxygen atoms in total. The van der Waals surface area contributed by atoms with Gasteiger partial charge in [-0.3, -0.25) is 0 Å². The van der Waals surface area contributed by atoms with Crippen LogP contribution < -0.4 is 0 Å². The van der Waals surface area contributed by atoms with E-state index in [1.807, 2.05) is 24.3 Å². The van der Waals surface area contributed by atoms with Crippen LogP contribution in [0.15, 0.2) is 42.5 Å². The number of hydrogen-bond donors (Lipinski definition) is 0. The minimum atomic E-state index is -0.233. The topological polar surface area (TPSA) is 12.9 Å². The molecule has 3 aromatic rings. The Morgan fingerprint density at radius 3 is 2.83 bits per heavy atom. The van der Waals surface area contributed by atoms with Crippen molar-refractivity contribution in [2.75, 3.05) is 0 Å². The van der Waals surface area contributed by atoms with Crippen molar-refractivity contribution in [2.45, 2.75) is 5.88 Å². The van der Waals surface area contributed by atoms with Crippen molar-refractivity contribution in [2.24, 2.45) is 0 Å². The molecule has 1 heterocycles. The molecule has 0 amide bonds. The number of thiazole rings is 1. The van der Waals surface area contributed by atoms with Crippen molar-refractivity contribution in [1.29, 1.82) is 0 Å². The van der Waals surface area contributed by atoms with Gasteiger partial charge in [0.2, 0.25) is 0 Å². The third-order valence-corrected chi connectivity index (χ3v) is 4.08. The lowest BCUT2D eigenvalue weighted by molar-refractivity contribution is 0.630. The Morgan fingerprint density at radius 2 is 2.00 bits per heavy atom. The fourth-order valence-corrected chi connectivity index (χ4v) is 3.14. The van der Waals surface area contributed by atoms with Crippen LogP contribution in [0.2, 0.25) is 0 Å². The lowest BCUT2D eigenvalue weighted by atomic mass is 10.1. The van der Waals surface area contributed by atoms with Gasteiger partial charge in [0.25, 0.3) is 0 Å². The molecule has 4 heteroatoms. The van der Waals surface area contributed by atoms with Crippen molar-refractivity contribution in [3.63, 3.8) is 0 Å². The zero-order valence-corrected chi connectivity index (χ0v) is 10.9. The van der Waals surface area contributed by atoms with Crippen LogP contribution in [0, 0.1) is 5.82 Å². The molecule has 0 aliphatic heterocycles. The van der Waals surface area contributed by atoms with E-state index >= 15 is 0 Å². The van der Waals surface area contributed by atoms with Gasteiger partial charge in [-0.25, -0.2) is 9.37 Å². The SMILES string of the molecule is Fc1ccc2nc(-c3ccccc3CCl)sc2c1. The van der Waals surface area contributed by atoms with E-state index in [2.05, 4.69) is 4.98 Å². The number of nitrogens with zero attached hydrogens (tertiary/aromatic N) is 1. The number of halogens is 2. The monoisotopic (exact) mass is 277 g/mol. The summed E-state index contributed by atoms with van der Waals surface area (Å²) in [4.78, 5) is 4.53. The van der Waals surface area contributed by atoms with Crippen LogP contribution in [-0.2, 0) is 5.88 Å². The van der Waals surface area contributed by atoms with Crippen molar-refractivity contribution in [1.82, 2.24) is 4.98 Å². The number of fused-ring (bicyclic) bond motifs is 1. The molecule has 0 spiro atoms. The van der Waals surface area contributed by atoms with Crippen molar-refractivity contribution in [3.8, 4) is 10.6 Å². The van der Waals surface area contributed by atoms with Crippen LogP contribution in [0.4, 0.5) is 4.39 Å². The first-order valence-electron chi connectivity index (χ1n) is 5.48. The van der Waals surface area contributed by atoms with Gasteiger partial charge in [-0.1, -0.05) is 24.3 Å². The number of benzene rings is 2. The Morgan fingerprint density at radius 1 is 1.17 bits per heavy atom. The molecule has 0 aliphatic rings. The molecule has 2 aromatic carbocycles. The van der Waals surface area contributed by atoms with Crippen molar-refractivity contribution >= 4 is 33.2 Å². The maximum absolute atomic E-state index is 13.2.